The van der Waals surface area contributed by atoms with E-state index in [0.29, 0.717) is 30.9 Å². The molecule has 1 aliphatic rings. The average Bonchev–Trinajstić information content (AvgIpc) is 2.65. The van der Waals surface area contributed by atoms with E-state index < -0.39 is 46.2 Å². The molecule has 2 aromatic carbocycles. The summed E-state index contributed by atoms with van der Waals surface area (Å²) in [4.78, 5) is 11.3. The van der Waals surface area contributed by atoms with Gasteiger partial charge in [-0.25, -0.2) is 26.7 Å². The lowest BCUT2D eigenvalue weighted by atomic mass is 9.75. The highest BCUT2D eigenvalue weighted by atomic mass is 19.2. The van der Waals surface area contributed by atoms with Crippen molar-refractivity contribution in [3.8, 4) is 11.1 Å². The minimum atomic E-state index is -1.83. The first-order valence-electron chi connectivity index (χ1n) is 9.14. The third kappa shape index (κ3) is 3.62. The molecule has 1 fully saturated rings. The molecule has 3 rings (SSSR count). The second kappa shape index (κ2) is 7.89. The number of aromatic carboxylic acids is 1. The Balaban J connectivity index is 2.21. The highest BCUT2D eigenvalue weighted by Crippen LogP contribution is 2.43. The molecule has 1 N–H and O–H groups in total. The van der Waals surface area contributed by atoms with Crippen LogP contribution in [-0.4, -0.2) is 11.1 Å². The first-order valence-corrected chi connectivity index (χ1v) is 9.14. The lowest BCUT2D eigenvalue weighted by Crippen LogP contribution is -2.16. The second-order valence-electron chi connectivity index (χ2n) is 7.20. The van der Waals surface area contributed by atoms with Crippen molar-refractivity contribution in [1.82, 2.24) is 0 Å². The van der Waals surface area contributed by atoms with Crippen molar-refractivity contribution in [3.63, 3.8) is 0 Å². The van der Waals surface area contributed by atoms with Crippen molar-refractivity contribution in [2.45, 2.75) is 44.9 Å². The second-order valence-corrected chi connectivity index (χ2v) is 7.20. The van der Waals surface area contributed by atoms with Crippen molar-refractivity contribution >= 4 is 5.97 Å². The van der Waals surface area contributed by atoms with Crippen LogP contribution in [0.3, 0.4) is 0 Å². The van der Waals surface area contributed by atoms with E-state index in [1.807, 2.05) is 0 Å². The molecule has 0 aromatic heterocycles. The van der Waals surface area contributed by atoms with Crippen LogP contribution in [0.2, 0.25) is 0 Å². The SMILES string of the molecule is CC[C@H]1CC[C@H](c2cc(F)c(C(=O)O)c(F)c2-c2cc(F)c(F)c(F)c2)CC1. The molecular weight excluding hydrogens is 379 g/mol. The van der Waals surface area contributed by atoms with Crippen LogP contribution in [0.25, 0.3) is 11.1 Å². The van der Waals surface area contributed by atoms with Gasteiger partial charge in [-0.15, -0.1) is 0 Å². The van der Waals surface area contributed by atoms with E-state index >= 15 is 4.39 Å². The van der Waals surface area contributed by atoms with Crippen molar-refractivity contribution in [2.24, 2.45) is 5.92 Å². The van der Waals surface area contributed by atoms with Crippen molar-refractivity contribution < 1.29 is 31.9 Å². The van der Waals surface area contributed by atoms with Gasteiger partial charge in [0.1, 0.15) is 17.2 Å². The summed E-state index contributed by atoms with van der Waals surface area (Å²) in [7, 11) is 0. The fourth-order valence-electron chi connectivity index (χ4n) is 4.03. The summed E-state index contributed by atoms with van der Waals surface area (Å²) in [6, 6.07) is 2.13. The number of hydrogen-bond donors (Lipinski definition) is 1. The molecule has 2 aromatic rings. The molecule has 0 spiro atoms. The number of carboxylic acid groups (broad SMARTS) is 1. The topological polar surface area (TPSA) is 37.3 Å². The van der Waals surface area contributed by atoms with E-state index in [2.05, 4.69) is 6.92 Å². The molecule has 0 aliphatic heterocycles. The molecule has 0 amide bonds. The van der Waals surface area contributed by atoms with Crippen LogP contribution in [-0.2, 0) is 0 Å². The molecular formula is C21H19F5O2. The molecule has 7 heteroatoms. The van der Waals surface area contributed by atoms with Crippen LogP contribution < -0.4 is 0 Å². The minimum Gasteiger partial charge on any atom is -0.477 e. The standard InChI is InChI=1S/C21H19F5O2/c1-2-10-3-5-11(6-4-10)13-9-14(22)18(21(27)28)20(26)17(13)12-7-15(23)19(25)16(24)8-12/h7-11H,2-6H2,1H3,(H,27,28)/t10-,11-. The Labute approximate surface area is 159 Å². The van der Waals surface area contributed by atoms with Crippen LogP contribution >= 0.6 is 0 Å². The maximum atomic E-state index is 15.0. The molecule has 0 bridgehead atoms. The fourth-order valence-corrected chi connectivity index (χ4v) is 4.03. The average molecular weight is 398 g/mol. The molecule has 0 heterocycles. The summed E-state index contributed by atoms with van der Waals surface area (Å²) in [5.41, 5.74) is -1.80. The van der Waals surface area contributed by atoms with E-state index in [9.17, 15) is 22.4 Å². The molecule has 0 atom stereocenters. The normalized spacial score (nSPS) is 19.6. The highest BCUT2D eigenvalue weighted by molar-refractivity contribution is 5.91. The number of carbonyl (C=O) groups is 1. The third-order valence-electron chi connectivity index (χ3n) is 5.60. The van der Waals surface area contributed by atoms with Gasteiger partial charge in [-0.3, -0.25) is 0 Å². The summed E-state index contributed by atoms with van der Waals surface area (Å²) in [6.07, 6.45) is 3.87. The molecule has 2 nitrogen and oxygen atoms in total. The number of benzene rings is 2. The van der Waals surface area contributed by atoms with Gasteiger partial charge in [-0.05, 0) is 66.8 Å². The summed E-state index contributed by atoms with van der Waals surface area (Å²) in [6.45, 7) is 2.06. The summed E-state index contributed by atoms with van der Waals surface area (Å²) in [5, 5.41) is 9.15. The smallest absolute Gasteiger partial charge is 0.341 e. The largest absolute Gasteiger partial charge is 0.477 e. The maximum absolute atomic E-state index is 15.0. The predicted octanol–water partition coefficient (Wildman–Crippen LogP) is 6.43. The van der Waals surface area contributed by atoms with Gasteiger partial charge >= 0.3 is 5.97 Å². The van der Waals surface area contributed by atoms with Gasteiger partial charge in [-0.2, -0.15) is 0 Å². The predicted molar refractivity (Wildman–Crippen MR) is 93.6 cm³/mol. The van der Waals surface area contributed by atoms with Gasteiger partial charge in [0, 0.05) is 5.56 Å². The van der Waals surface area contributed by atoms with E-state index in [-0.39, 0.29) is 17.0 Å². The molecule has 1 saturated carbocycles. The lowest BCUT2D eigenvalue weighted by Gasteiger charge is -2.30. The lowest BCUT2D eigenvalue weighted by molar-refractivity contribution is 0.0686. The molecule has 0 radical (unpaired) electrons. The van der Waals surface area contributed by atoms with Crippen molar-refractivity contribution in [2.75, 3.05) is 0 Å². The first kappa shape index (κ1) is 20.3. The van der Waals surface area contributed by atoms with Gasteiger partial charge < -0.3 is 5.11 Å². The minimum absolute atomic E-state index is 0.153. The zero-order valence-electron chi connectivity index (χ0n) is 15.2. The first-order chi connectivity index (χ1) is 13.2. The Hall–Kier alpha value is -2.44. The van der Waals surface area contributed by atoms with Crippen molar-refractivity contribution in [3.05, 3.63) is 58.4 Å². The molecule has 0 saturated heterocycles. The van der Waals surface area contributed by atoms with Crippen LogP contribution in [0.1, 0.15) is 60.9 Å². The summed E-state index contributed by atoms with van der Waals surface area (Å²) in [5.74, 6) is -9.06. The van der Waals surface area contributed by atoms with Crippen LogP contribution in [0, 0.1) is 35.0 Å². The number of halogens is 5. The fraction of sp³-hybridized carbons (Fsp3) is 0.381. The quantitative estimate of drug-likeness (QED) is 0.476. The summed E-state index contributed by atoms with van der Waals surface area (Å²) < 4.78 is 70.2. The van der Waals surface area contributed by atoms with Gasteiger partial charge in [0.05, 0.1) is 0 Å². The maximum Gasteiger partial charge on any atom is 0.341 e. The van der Waals surface area contributed by atoms with Gasteiger partial charge in [-0.1, -0.05) is 13.3 Å². The zero-order chi connectivity index (χ0) is 20.6. The van der Waals surface area contributed by atoms with Crippen LogP contribution in [0.5, 0.6) is 0 Å². The molecule has 1 aliphatic carbocycles. The molecule has 150 valence electrons. The van der Waals surface area contributed by atoms with Crippen LogP contribution in [0.15, 0.2) is 18.2 Å². The molecule has 0 unspecified atom stereocenters. The Kier molecular flexibility index (Phi) is 5.72. The Morgan fingerprint density at radius 3 is 2.00 bits per heavy atom. The number of hydrogen-bond acceptors (Lipinski definition) is 1. The van der Waals surface area contributed by atoms with Gasteiger partial charge in [0.2, 0.25) is 0 Å². The Morgan fingerprint density at radius 2 is 1.50 bits per heavy atom. The monoisotopic (exact) mass is 398 g/mol. The Bertz CT molecular complexity index is 894. The highest BCUT2D eigenvalue weighted by Gasteiger charge is 2.30. The third-order valence-corrected chi connectivity index (χ3v) is 5.60. The van der Waals surface area contributed by atoms with E-state index in [1.54, 1.807) is 0 Å². The van der Waals surface area contributed by atoms with E-state index in [0.717, 1.165) is 25.3 Å². The van der Waals surface area contributed by atoms with Gasteiger partial charge in [0.25, 0.3) is 0 Å². The van der Waals surface area contributed by atoms with Crippen molar-refractivity contribution in [1.29, 1.82) is 0 Å². The summed E-state index contributed by atoms with van der Waals surface area (Å²) >= 11 is 0. The van der Waals surface area contributed by atoms with E-state index in [4.69, 9.17) is 5.11 Å². The van der Waals surface area contributed by atoms with E-state index in [1.165, 1.54) is 0 Å². The number of rotatable bonds is 4. The van der Waals surface area contributed by atoms with Gasteiger partial charge in [0.15, 0.2) is 17.5 Å². The number of carboxylic acids is 1. The van der Waals surface area contributed by atoms with Crippen LogP contribution in [0.4, 0.5) is 22.0 Å². The zero-order valence-corrected chi connectivity index (χ0v) is 15.2. The molecule has 28 heavy (non-hydrogen) atoms. The Morgan fingerprint density at radius 1 is 0.929 bits per heavy atom.